The van der Waals surface area contributed by atoms with Crippen LogP contribution >= 0.6 is 0 Å². The number of furan rings is 1. The molecule has 0 bridgehead atoms. The van der Waals surface area contributed by atoms with E-state index >= 15 is 0 Å². The normalized spacial score (nSPS) is 30.8. The maximum Gasteiger partial charge on any atom is 0.111 e. The topological polar surface area (TPSA) is 51.5 Å². The standard InChI is InChI=1S/C16H23NO3S/c1-15(2,3)21(18)17-16(4)8-11(14-6-5-7-20-14)12-9-19-10-13(12)16/h5-7,11,17H,8-10H2,1-4H3/t11-,16-,21?/m1/s1. The zero-order chi connectivity index (χ0) is 15.3. The Morgan fingerprint density at radius 1 is 1.38 bits per heavy atom. The Morgan fingerprint density at radius 3 is 2.76 bits per heavy atom. The Labute approximate surface area is 128 Å². The molecule has 0 aromatic carbocycles. The molecule has 3 atom stereocenters. The van der Waals surface area contributed by atoms with Crippen molar-refractivity contribution in [3.05, 3.63) is 35.3 Å². The van der Waals surface area contributed by atoms with Gasteiger partial charge in [-0.2, -0.15) is 0 Å². The van der Waals surface area contributed by atoms with E-state index < -0.39 is 11.0 Å². The summed E-state index contributed by atoms with van der Waals surface area (Å²) in [6, 6.07) is 3.93. The van der Waals surface area contributed by atoms with Crippen LogP contribution in [0.4, 0.5) is 0 Å². The van der Waals surface area contributed by atoms with Gasteiger partial charge in [-0.1, -0.05) is 0 Å². The molecule has 21 heavy (non-hydrogen) atoms. The van der Waals surface area contributed by atoms with Crippen LogP contribution in [0.1, 0.15) is 45.8 Å². The maximum absolute atomic E-state index is 12.5. The lowest BCUT2D eigenvalue weighted by Crippen LogP contribution is -2.48. The predicted molar refractivity (Wildman–Crippen MR) is 83.3 cm³/mol. The minimum atomic E-state index is -1.11. The van der Waals surface area contributed by atoms with Crippen molar-refractivity contribution < 1.29 is 13.4 Å². The van der Waals surface area contributed by atoms with Gasteiger partial charge < -0.3 is 9.15 Å². The molecule has 0 amide bonds. The summed E-state index contributed by atoms with van der Waals surface area (Å²) in [5, 5.41) is 0. The van der Waals surface area contributed by atoms with Gasteiger partial charge in [0.05, 0.1) is 40.7 Å². The molecule has 1 aromatic rings. The third-order valence-corrected chi connectivity index (χ3v) is 6.10. The SMILES string of the molecule is CC(C)(C)S(=O)N[C@]1(C)C[C@@H](c2ccco2)C2=C1COC2. The molecule has 0 spiro atoms. The Kier molecular flexibility index (Phi) is 3.62. The summed E-state index contributed by atoms with van der Waals surface area (Å²) in [5.74, 6) is 1.20. The van der Waals surface area contributed by atoms with Crippen LogP contribution in [0.2, 0.25) is 0 Å². The van der Waals surface area contributed by atoms with Gasteiger partial charge >= 0.3 is 0 Å². The van der Waals surface area contributed by atoms with E-state index in [1.807, 2.05) is 32.9 Å². The zero-order valence-electron chi connectivity index (χ0n) is 13.1. The largest absolute Gasteiger partial charge is 0.469 e. The highest BCUT2D eigenvalue weighted by Crippen LogP contribution is 2.48. The fourth-order valence-electron chi connectivity index (χ4n) is 3.14. The van der Waals surface area contributed by atoms with Crippen molar-refractivity contribution in [3.63, 3.8) is 0 Å². The fraction of sp³-hybridized carbons (Fsp3) is 0.625. The third-order valence-electron chi connectivity index (χ3n) is 4.35. The molecule has 5 heteroatoms. The molecule has 2 aliphatic rings. The summed E-state index contributed by atoms with van der Waals surface area (Å²) in [6.45, 7) is 9.36. The van der Waals surface area contributed by atoms with Crippen molar-refractivity contribution in [1.29, 1.82) is 0 Å². The van der Waals surface area contributed by atoms with Crippen LogP contribution in [0.3, 0.4) is 0 Å². The van der Waals surface area contributed by atoms with E-state index in [0.29, 0.717) is 13.2 Å². The van der Waals surface area contributed by atoms with Crippen LogP contribution < -0.4 is 4.72 Å². The highest BCUT2D eigenvalue weighted by Gasteiger charge is 2.47. The summed E-state index contributed by atoms with van der Waals surface area (Å²) >= 11 is 0. The molecule has 1 unspecified atom stereocenters. The lowest BCUT2D eigenvalue weighted by molar-refractivity contribution is 0.185. The molecule has 3 rings (SSSR count). The molecule has 1 aromatic heterocycles. The summed E-state index contributed by atoms with van der Waals surface area (Å²) in [7, 11) is -1.11. The number of nitrogens with one attached hydrogen (secondary N) is 1. The van der Waals surface area contributed by atoms with Gasteiger partial charge in [0.1, 0.15) is 5.76 Å². The van der Waals surface area contributed by atoms with E-state index in [4.69, 9.17) is 9.15 Å². The van der Waals surface area contributed by atoms with E-state index in [-0.39, 0.29) is 16.2 Å². The van der Waals surface area contributed by atoms with Crippen molar-refractivity contribution in [2.75, 3.05) is 13.2 Å². The van der Waals surface area contributed by atoms with Gasteiger partial charge in [-0.25, -0.2) is 8.93 Å². The van der Waals surface area contributed by atoms with Gasteiger partial charge in [0.15, 0.2) is 0 Å². The second-order valence-electron chi connectivity index (χ2n) is 7.08. The van der Waals surface area contributed by atoms with Crippen molar-refractivity contribution in [1.82, 2.24) is 4.72 Å². The number of hydrogen-bond acceptors (Lipinski definition) is 3. The lowest BCUT2D eigenvalue weighted by Gasteiger charge is -2.32. The predicted octanol–water partition coefficient (Wildman–Crippen LogP) is 2.90. The molecule has 1 aliphatic carbocycles. The Hall–Kier alpha value is -0.910. The second kappa shape index (κ2) is 5.07. The monoisotopic (exact) mass is 309 g/mol. The van der Waals surface area contributed by atoms with Gasteiger partial charge in [-0.05, 0) is 57.4 Å². The Bertz CT molecular complexity index is 585. The molecule has 0 radical (unpaired) electrons. The van der Waals surface area contributed by atoms with E-state index in [0.717, 1.165) is 12.2 Å². The van der Waals surface area contributed by atoms with Gasteiger partial charge in [-0.3, -0.25) is 0 Å². The molecule has 116 valence electrons. The van der Waals surface area contributed by atoms with Crippen molar-refractivity contribution >= 4 is 11.0 Å². The van der Waals surface area contributed by atoms with Crippen LogP contribution in [-0.4, -0.2) is 27.7 Å². The molecular formula is C16H23NO3S. The summed E-state index contributed by atoms with van der Waals surface area (Å²) in [5.41, 5.74) is 2.26. The van der Waals surface area contributed by atoms with Gasteiger partial charge in [0.25, 0.3) is 0 Å². The summed E-state index contributed by atoms with van der Waals surface area (Å²) < 4.78 is 26.8. The van der Waals surface area contributed by atoms with E-state index in [1.54, 1.807) is 6.26 Å². The number of hydrogen-bond donors (Lipinski definition) is 1. The summed E-state index contributed by atoms with van der Waals surface area (Å²) in [6.07, 6.45) is 2.58. The first-order valence-electron chi connectivity index (χ1n) is 7.34. The Morgan fingerprint density at radius 2 is 2.14 bits per heavy atom. The molecule has 1 aliphatic heterocycles. The Balaban J connectivity index is 1.89. The number of rotatable bonds is 3. The molecule has 2 heterocycles. The van der Waals surface area contributed by atoms with Crippen LogP contribution in [0, 0.1) is 0 Å². The van der Waals surface area contributed by atoms with Crippen LogP contribution in [0.5, 0.6) is 0 Å². The van der Waals surface area contributed by atoms with Crippen molar-refractivity contribution in [2.45, 2.75) is 50.3 Å². The fourth-order valence-corrected chi connectivity index (χ4v) is 4.07. The molecule has 0 fully saturated rings. The van der Waals surface area contributed by atoms with Crippen LogP contribution in [0.15, 0.2) is 34.0 Å². The van der Waals surface area contributed by atoms with Crippen LogP contribution in [0.25, 0.3) is 0 Å². The molecule has 4 nitrogen and oxygen atoms in total. The van der Waals surface area contributed by atoms with E-state index in [2.05, 4.69) is 11.6 Å². The second-order valence-corrected chi connectivity index (χ2v) is 9.05. The summed E-state index contributed by atoms with van der Waals surface area (Å²) in [4.78, 5) is 0. The van der Waals surface area contributed by atoms with E-state index in [9.17, 15) is 4.21 Å². The smallest absolute Gasteiger partial charge is 0.111 e. The lowest BCUT2D eigenvalue weighted by atomic mass is 9.92. The third kappa shape index (κ3) is 2.62. The molecule has 0 saturated heterocycles. The highest BCUT2D eigenvalue weighted by atomic mass is 32.2. The molecule has 1 N–H and O–H groups in total. The highest BCUT2D eigenvalue weighted by molar-refractivity contribution is 7.84. The quantitative estimate of drug-likeness (QED) is 0.874. The molecular weight excluding hydrogens is 286 g/mol. The minimum Gasteiger partial charge on any atom is -0.469 e. The minimum absolute atomic E-state index is 0.229. The van der Waals surface area contributed by atoms with Gasteiger partial charge in [-0.15, -0.1) is 0 Å². The van der Waals surface area contributed by atoms with Gasteiger partial charge in [0.2, 0.25) is 0 Å². The molecule has 0 saturated carbocycles. The number of ether oxygens (including phenoxy) is 1. The first-order chi connectivity index (χ1) is 9.81. The van der Waals surface area contributed by atoms with Crippen molar-refractivity contribution in [3.8, 4) is 0 Å². The first-order valence-corrected chi connectivity index (χ1v) is 8.49. The average Bonchev–Trinajstić information content (AvgIpc) is 3.08. The zero-order valence-corrected chi connectivity index (χ0v) is 13.9. The van der Waals surface area contributed by atoms with Crippen molar-refractivity contribution in [2.24, 2.45) is 0 Å². The van der Waals surface area contributed by atoms with Gasteiger partial charge in [0, 0.05) is 5.92 Å². The van der Waals surface area contributed by atoms with E-state index in [1.165, 1.54) is 11.1 Å². The average molecular weight is 309 g/mol. The van der Waals surface area contributed by atoms with Crippen LogP contribution in [-0.2, 0) is 15.7 Å². The first kappa shape index (κ1) is 15.0. The maximum atomic E-state index is 12.5.